The third-order valence-electron chi connectivity index (χ3n) is 1.87. The number of hydrogen-bond acceptors (Lipinski definition) is 3. The van der Waals surface area contributed by atoms with Crippen LogP contribution in [0.3, 0.4) is 0 Å². The van der Waals surface area contributed by atoms with Gasteiger partial charge in [0, 0.05) is 17.9 Å². The number of aryl methyl sites for hydroxylation is 1. The molecule has 0 bridgehead atoms. The zero-order valence-electron chi connectivity index (χ0n) is 7.78. The maximum absolute atomic E-state index is 12.6. The van der Waals surface area contributed by atoms with Gasteiger partial charge in [0.05, 0.1) is 0 Å². The molecule has 0 atom stereocenters. The van der Waals surface area contributed by atoms with Gasteiger partial charge in [-0.25, -0.2) is 4.39 Å². The minimum absolute atomic E-state index is 0.292. The van der Waals surface area contributed by atoms with Crippen LogP contribution in [-0.2, 0) is 6.42 Å². The number of benzene rings is 1. The molecule has 0 radical (unpaired) electrons. The minimum atomic E-state index is -0.292. The molecule has 1 aromatic carbocycles. The molecule has 2 aromatic rings. The summed E-state index contributed by atoms with van der Waals surface area (Å²) in [5.74, 6) is 1.02. The molecule has 1 heterocycles. The molecule has 2 rings (SSSR count). The van der Waals surface area contributed by atoms with Crippen molar-refractivity contribution in [2.45, 2.75) is 6.42 Å². The first-order valence-corrected chi connectivity index (χ1v) is 4.97. The van der Waals surface area contributed by atoms with E-state index in [1.807, 2.05) is 0 Å². The van der Waals surface area contributed by atoms with Gasteiger partial charge in [-0.2, -0.15) is 0 Å². The first-order valence-electron chi connectivity index (χ1n) is 4.44. The fraction of sp³-hybridized carbons (Fsp3) is 0.200. The fourth-order valence-corrected chi connectivity index (χ4v) is 1.31. The number of rotatable bonds is 3. The summed E-state index contributed by atoms with van der Waals surface area (Å²) in [6, 6.07) is 5.88. The summed E-state index contributed by atoms with van der Waals surface area (Å²) in [7, 11) is 0. The second-order valence-corrected chi connectivity index (χ2v) is 3.32. The van der Waals surface area contributed by atoms with Crippen LogP contribution in [0.2, 0.25) is 0 Å². The lowest BCUT2D eigenvalue weighted by atomic mass is 10.2. The number of aromatic nitrogens is 2. The van der Waals surface area contributed by atoms with Crippen molar-refractivity contribution < 1.29 is 8.81 Å². The fourth-order valence-electron chi connectivity index (χ4n) is 1.14. The average molecular weight is 227 g/mol. The van der Waals surface area contributed by atoms with Gasteiger partial charge in [-0.1, -0.05) is 0 Å². The van der Waals surface area contributed by atoms with Crippen molar-refractivity contribution in [3.05, 3.63) is 36.0 Å². The molecule has 3 nitrogen and oxygen atoms in total. The highest BCUT2D eigenvalue weighted by Crippen LogP contribution is 2.18. The summed E-state index contributed by atoms with van der Waals surface area (Å²) in [4.78, 5) is 0. The SMILES string of the molecule is Fc1ccc(-c2nnc(CCCl)o2)cc1. The lowest BCUT2D eigenvalue weighted by Crippen LogP contribution is -1.84. The van der Waals surface area contributed by atoms with Gasteiger partial charge in [-0.3, -0.25) is 0 Å². The van der Waals surface area contributed by atoms with E-state index >= 15 is 0 Å². The van der Waals surface area contributed by atoms with E-state index in [9.17, 15) is 4.39 Å². The van der Waals surface area contributed by atoms with Crippen molar-refractivity contribution in [2.24, 2.45) is 0 Å². The molecule has 0 saturated heterocycles. The Hall–Kier alpha value is -1.42. The zero-order chi connectivity index (χ0) is 10.7. The van der Waals surface area contributed by atoms with Gasteiger partial charge in [0.15, 0.2) is 0 Å². The van der Waals surface area contributed by atoms with Gasteiger partial charge in [0.2, 0.25) is 11.8 Å². The third kappa shape index (κ3) is 2.33. The lowest BCUT2D eigenvalue weighted by molar-refractivity contribution is 0.513. The summed E-state index contributed by atoms with van der Waals surface area (Å²) in [5.41, 5.74) is 0.699. The quantitative estimate of drug-likeness (QED) is 0.756. The smallest absolute Gasteiger partial charge is 0.247 e. The average Bonchev–Trinajstić information content (AvgIpc) is 2.68. The molecular formula is C10H8ClFN2O. The predicted octanol–water partition coefficient (Wildman–Crippen LogP) is 2.66. The molecule has 0 spiro atoms. The Balaban J connectivity index is 2.25. The lowest BCUT2D eigenvalue weighted by Gasteiger charge is -1.93. The largest absolute Gasteiger partial charge is 0.421 e. The Kier molecular flexibility index (Phi) is 2.97. The summed E-state index contributed by atoms with van der Waals surface area (Å²) in [5, 5.41) is 7.65. The maximum atomic E-state index is 12.6. The van der Waals surface area contributed by atoms with Gasteiger partial charge in [-0.15, -0.1) is 21.8 Å². The Morgan fingerprint density at radius 3 is 2.60 bits per heavy atom. The van der Waals surface area contributed by atoms with E-state index in [1.165, 1.54) is 12.1 Å². The normalized spacial score (nSPS) is 10.5. The summed E-state index contributed by atoms with van der Waals surface area (Å²) in [6.07, 6.45) is 0.537. The molecule has 0 amide bonds. The zero-order valence-corrected chi connectivity index (χ0v) is 8.54. The molecule has 0 aliphatic carbocycles. The molecule has 0 unspecified atom stereocenters. The van der Waals surface area contributed by atoms with E-state index in [0.29, 0.717) is 29.6 Å². The Labute approximate surface area is 90.9 Å². The molecule has 0 aliphatic heterocycles. The van der Waals surface area contributed by atoms with Crippen molar-refractivity contribution in [3.8, 4) is 11.5 Å². The van der Waals surface area contributed by atoms with Gasteiger partial charge in [0.25, 0.3) is 0 Å². The van der Waals surface area contributed by atoms with Crippen molar-refractivity contribution >= 4 is 11.6 Å². The molecule has 0 fully saturated rings. The Morgan fingerprint density at radius 2 is 1.93 bits per heavy atom. The van der Waals surface area contributed by atoms with E-state index in [4.69, 9.17) is 16.0 Å². The van der Waals surface area contributed by atoms with E-state index < -0.39 is 0 Å². The van der Waals surface area contributed by atoms with Gasteiger partial charge >= 0.3 is 0 Å². The van der Waals surface area contributed by atoms with Crippen LogP contribution in [0.1, 0.15) is 5.89 Å². The van der Waals surface area contributed by atoms with Crippen LogP contribution in [0.15, 0.2) is 28.7 Å². The van der Waals surface area contributed by atoms with E-state index in [-0.39, 0.29) is 5.82 Å². The Morgan fingerprint density at radius 1 is 1.20 bits per heavy atom. The first-order chi connectivity index (χ1) is 7.29. The highest BCUT2D eigenvalue weighted by Gasteiger charge is 2.07. The predicted molar refractivity (Wildman–Crippen MR) is 54.1 cm³/mol. The van der Waals surface area contributed by atoms with Gasteiger partial charge in [0.1, 0.15) is 5.82 Å². The molecule has 78 valence electrons. The second-order valence-electron chi connectivity index (χ2n) is 2.95. The molecule has 0 aliphatic rings. The van der Waals surface area contributed by atoms with Gasteiger partial charge in [-0.05, 0) is 24.3 Å². The van der Waals surface area contributed by atoms with Gasteiger partial charge < -0.3 is 4.42 Å². The van der Waals surface area contributed by atoms with Crippen LogP contribution < -0.4 is 0 Å². The molecule has 1 aromatic heterocycles. The molecule has 0 N–H and O–H groups in total. The molecule has 0 saturated carbocycles. The highest BCUT2D eigenvalue weighted by molar-refractivity contribution is 6.17. The van der Waals surface area contributed by atoms with E-state index in [0.717, 1.165) is 0 Å². The minimum Gasteiger partial charge on any atom is -0.421 e. The number of nitrogens with zero attached hydrogens (tertiary/aromatic N) is 2. The van der Waals surface area contributed by atoms with Crippen LogP contribution in [0.5, 0.6) is 0 Å². The highest BCUT2D eigenvalue weighted by atomic mass is 35.5. The Bertz CT molecular complexity index is 441. The van der Waals surface area contributed by atoms with E-state index in [2.05, 4.69) is 10.2 Å². The van der Waals surface area contributed by atoms with Crippen molar-refractivity contribution in [2.75, 3.05) is 5.88 Å². The monoisotopic (exact) mass is 226 g/mol. The summed E-state index contributed by atoms with van der Waals surface area (Å²) in [6.45, 7) is 0. The van der Waals surface area contributed by atoms with Crippen molar-refractivity contribution in [1.82, 2.24) is 10.2 Å². The second kappa shape index (κ2) is 4.40. The third-order valence-corrected chi connectivity index (χ3v) is 2.06. The molecular weight excluding hydrogens is 219 g/mol. The first kappa shape index (κ1) is 10.1. The van der Waals surface area contributed by atoms with Crippen LogP contribution >= 0.6 is 11.6 Å². The summed E-state index contributed by atoms with van der Waals surface area (Å²) >= 11 is 5.53. The van der Waals surface area contributed by atoms with Crippen LogP contribution in [-0.4, -0.2) is 16.1 Å². The van der Waals surface area contributed by atoms with Crippen molar-refractivity contribution in [1.29, 1.82) is 0 Å². The molecule has 15 heavy (non-hydrogen) atoms. The number of alkyl halides is 1. The summed E-state index contributed by atoms with van der Waals surface area (Å²) < 4.78 is 18.0. The van der Waals surface area contributed by atoms with Crippen LogP contribution in [0.25, 0.3) is 11.5 Å². The maximum Gasteiger partial charge on any atom is 0.247 e. The van der Waals surface area contributed by atoms with E-state index in [1.54, 1.807) is 12.1 Å². The van der Waals surface area contributed by atoms with Crippen molar-refractivity contribution in [3.63, 3.8) is 0 Å². The number of halogens is 2. The molecule has 5 heteroatoms. The topological polar surface area (TPSA) is 38.9 Å². The van der Waals surface area contributed by atoms with Crippen LogP contribution in [0.4, 0.5) is 4.39 Å². The standard InChI is InChI=1S/C10H8ClFN2O/c11-6-5-9-13-14-10(15-9)7-1-3-8(12)4-2-7/h1-4H,5-6H2. The number of hydrogen-bond donors (Lipinski definition) is 0. The van der Waals surface area contributed by atoms with Crippen LogP contribution in [0, 0.1) is 5.82 Å².